The number of fused-ring (bicyclic) bond motifs is 1. The van der Waals surface area contributed by atoms with Gasteiger partial charge in [-0.3, -0.25) is 9.10 Å². The third-order valence-electron chi connectivity index (χ3n) is 3.83. The van der Waals surface area contributed by atoms with Crippen molar-refractivity contribution in [1.29, 1.82) is 0 Å². The van der Waals surface area contributed by atoms with E-state index in [9.17, 15) is 13.2 Å². The van der Waals surface area contributed by atoms with Gasteiger partial charge in [0.1, 0.15) is 0 Å². The smallest absolute Gasteiger partial charge is 0.232 e. The Kier molecular flexibility index (Phi) is 5.93. The van der Waals surface area contributed by atoms with Gasteiger partial charge < -0.3 is 14.8 Å². The van der Waals surface area contributed by atoms with Crippen molar-refractivity contribution in [3.05, 3.63) is 18.2 Å². The third-order valence-corrected chi connectivity index (χ3v) is 5.02. The highest BCUT2D eigenvalue weighted by Gasteiger charge is 2.21. The monoisotopic (exact) mass is 356 g/mol. The van der Waals surface area contributed by atoms with Crippen LogP contribution in [0, 0.1) is 0 Å². The van der Waals surface area contributed by atoms with E-state index in [-0.39, 0.29) is 31.7 Å². The number of nitrogens with zero attached hydrogens (tertiary/aromatic N) is 1. The number of hydrogen-bond donors (Lipinski definition) is 1. The summed E-state index contributed by atoms with van der Waals surface area (Å²) in [6, 6.07) is 5.12. The Balaban J connectivity index is 2.01. The van der Waals surface area contributed by atoms with Crippen LogP contribution in [0.4, 0.5) is 5.69 Å². The van der Waals surface area contributed by atoms with Gasteiger partial charge in [0.15, 0.2) is 11.5 Å². The van der Waals surface area contributed by atoms with Crippen molar-refractivity contribution in [2.24, 2.45) is 0 Å². The highest BCUT2D eigenvalue weighted by atomic mass is 32.2. The summed E-state index contributed by atoms with van der Waals surface area (Å²) >= 11 is 0. The summed E-state index contributed by atoms with van der Waals surface area (Å²) in [5.41, 5.74) is 0.504. The minimum atomic E-state index is -3.46. The zero-order chi connectivity index (χ0) is 17.7. The van der Waals surface area contributed by atoms with E-state index < -0.39 is 10.0 Å². The van der Waals surface area contributed by atoms with Gasteiger partial charge in [0.2, 0.25) is 22.7 Å². The molecule has 1 aliphatic heterocycles. The van der Waals surface area contributed by atoms with E-state index in [4.69, 9.17) is 9.47 Å². The van der Waals surface area contributed by atoms with Gasteiger partial charge in [-0.05, 0) is 31.9 Å². The van der Waals surface area contributed by atoms with Crippen LogP contribution < -0.4 is 19.1 Å². The molecule has 0 radical (unpaired) electrons. The molecule has 0 bridgehead atoms. The van der Waals surface area contributed by atoms with Crippen LogP contribution in [-0.2, 0) is 14.8 Å². The van der Waals surface area contributed by atoms with Crippen molar-refractivity contribution in [2.75, 3.05) is 23.9 Å². The molecule has 7 nitrogen and oxygen atoms in total. The molecule has 1 aromatic rings. The molecule has 0 saturated carbocycles. The van der Waals surface area contributed by atoms with Gasteiger partial charge in [0.05, 0.1) is 11.9 Å². The van der Waals surface area contributed by atoms with Gasteiger partial charge in [0, 0.05) is 25.1 Å². The zero-order valence-corrected chi connectivity index (χ0v) is 15.1. The van der Waals surface area contributed by atoms with Crippen molar-refractivity contribution < 1.29 is 22.7 Å². The first kappa shape index (κ1) is 18.4. The first-order chi connectivity index (χ1) is 11.3. The van der Waals surface area contributed by atoms with Gasteiger partial charge in [-0.1, -0.05) is 6.92 Å². The molecule has 1 atom stereocenters. The second-order valence-electron chi connectivity index (χ2n) is 5.85. The van der Waals surface area contributed by atoms with E-state index >= 15 is 0 Å². The van der Waals surface area contributed by atoms with E-state index in [1.165, 1.54) is 4.31 Å². The predicted molar refractivity (Wildman–Crippen MR) is 91.9 cm³/mol. The average molecular weight is 356 g/mol. The first-order valence-corrected chi connectivity index (χ1v) is 9.82. The van der Waals surface area contributed by atoms with Gasteiger partial charge in [-0.2, -0.15) is 0 Å². The number of nitrogens with one attached hydrogen (secondary N) is 1. The summed E-state index contributed by atoms with van der Waals surface area (Å²) in [4.78, 5) is 11.8. The minimum absolute atomic E-state index is 0.0662. The fourth-order valence-corrected chi connectivity index (χ4v) is 3.32. The second-order valence-corrected chi connectivity index (χ2v) is 7.76. The Morgan fingerprint density at radius 3 is 2.71 bits per heavy atom. The molecule has 1 aromatic carbocycles. The number of rotatable bonds is 8. The molecule has 2 rings (SSSR count). The quantitative estimate of drug-likeness (QED) is 0.769. The number of anilines is 1. The van der Waals surface area contributed by atoms with Gasteiger partial charge in [0.25, 0.3) is 0 Å². The molecule has 0 spiro atoms. The van der Waals surface area contributed by atoms with Gasteiger partial charge >= 0.3 is 0 Å². The van der Waals surface area contributed by atoms with Crippen LogP contribution in [-0.4, -0.2) is 40.0 Å². The van der Waals surface area contributed by atoms with Gasteiger partial charge in [-0.25, -0.2) is 8.42 Å². The first-order valence-electron chi connectivity index (χ1n) is 7.98. The molecule has 1 heterocycles. The summed E-state index contributed by atoms with van der Waals surface area (Å²) in [7, 11) is -3.46. The van der Waals surface area contributed by atoms with Crippen LogP contribution in [0.15, 0.2) is 18.2 Å². The van der Waals surface area contributed by atoms with Crippen molar-refractivity contribution >= 4 is 21.6 Å². The minimum Gasteiger partial charge on any atom is -0.454 e. The number of amides is 1. The van der Waals surface area contributed by atoms with Crippen LogP contribution in [0.2, 0.25) is 0 Å². The second kappa shape index (κ2) is 7.74. The van der Waals surface area contributed by atoms with E-state index in [1.807, 2.05) is 13.8 Å². The predicted octanol–water partition coefficient (Wildman–Crippen LogP) is 1.88. The van der Waals surface area contributed by atoms with Crippen LogP contribution in [0.25, 0.3) is 0 Å². The van der Waals surface area contributed by atoms with E-state index in [0.29, 0.717) is 23.6 Å². The summed E-state index contributed by atoms with van der Waals surface area (Å²) in [6.45, 7) is 4.29. The van der Waals surface area contributed by atoms with E-state index in [2.05, 4.69) is 5.32 Å². The molecule has 0 unspecified atom stereocenters. The SMILES string of the molecule is CC[C@@H](C)NC(=O)CCCN(c1ccc2c(c1)OCO2)S(C)(=O)=O. The Labute approximate surface area is 143 Å². The summed E-state index contributed by atoms with van der Waals surface area (Å²) < 4.78 is 36.0. The summed E-state index contributed by atoms with van der Waals surface area (Å²) in [6.07, 6.45) is 2.72. The van der Waals surface area contributed by atoms with Crippen LogP contribution in [0.5, 0.6) is 11.5 Å². The fourth-order valence-electron chi connectivity index (χ4n) is 2.36. The highest BCUT2D eigenvalue weighted by molar-refractivity contribution is 7.92. The maximum Gasteiger partial charge on any atom is 0.232 e. The molecule has 0 saturated heterocycles. The molecule has 1 N–H and O–H groups in total. The Bertz CT molecular complexity index is 690. The van der Waals surface area contributed by atoms with E-state index in [1.54, 1.807) is 18.2 Å². The molecule has 0 aliphatic carbocycles. The molecular formula is C16H24N2O5S. The van der Waals surface area contributed by atoms with Crippen molar-refractivity contribution in [1.82, 2.24) is 5.32 Å². The lowest BCUT2D eigenvalue weighted by molar-refractivity contribution is -0.121. The molecule has 1 aliphatic rings. The molecule has 134 valence electrons. The lowest BCUT2D eigenvalue weighted by Crippen LogP contribution is -2.34. The van der Waals surface area contributed by atoms with Crippen molar-refractivity contribution in [3.8, 4) is 11.5 Å². The number of ether oxygens (including phenoxy) is 2. The number of benzene rings is 1. The van der Waals surface area contributed by atoms with Crippen LogP contribution in [0.3, 0.4) is 0 Å². The number of hydrogen-bond acceptors (Lipinski definition) is 5. The maximum absolute atomic E-state index is 12.1. The maximum atomic E-state index is 12.1. The number of sulfonamides is 1. The lowest BCUT2D eigenvalue weighted by Gasteiger charge is -2.22. The largest absolute Gasteiger partial charge is 0.454 e. The molecule has 24 heavy (non-hydrogen) atoms. The normalized spacial score (nSPS) is 14.3. The number of carbonyl (C=O) groups excluding carboxylic acids is 1. The molecule has 1 amide bonds. The summed E-state index contributed by atoms with van der Waals surface area (Å²) in [5.74, 6) is 1.05. The Hall–Kier alpha value is -1.96. The van der Waals surface area contributed by atoms with Crippen molar-refractivity contribution in [3.63, 3.8) is 0 Å². The Morgan fingerprint density at radius 1 is 1.33 bits per heavy atom. The third kappa shape index (κ3) is 4.77. The van der Waals surface area contributed by atoms with Crippen LogP contribution in [0.1, 0.15) is 33.1 Å². The zero-order valence-electron chi connectivity index (χ0n) is 14.2. The molecule has 0 aromatic heterocycles. The van der Waals surface area contributed by atoms with E-state index in [0.717, 1.165) is 12.7 Å². The summed E-state index contributed by atoms with van der Waals surface area (Å²) in [5, 5.41) is 2.87. The average Bonchev–Trinajstić information content (AvgIpc) is 2.97. The topological polar surface area (TPSA) is 84.9 Å². The lowest BCUT2D eigenvalue weighted by atomic mass is 10.2. The van der Waals surface area contributed by atoms with Crippen LogP contribution >= 0.6 is 0 Å². The molecule has 8 heteroatoms. The van der Waals surface area contributed by atoms with Gasteiger partial charge in [-0.15, -0.1) is 0 Å². The molecular weight excluding hydrogens is 332 g/mol. The van der Waals surface area contributed by atoms with Crippen molar-refractivity contribution in [2.45, 2.75) is 39.2 Å². The standard InChI is InChI=1S/C16H24N2O5S/c1-4-12(2)17-16(19)6-5-9-18(24(3,20)21)13-7-8-14-15(10-13)23-11-22-14/h7-8,10,12H,4-6,9,11H2,1-3H3,(H,17,19)/t12-/m1/s1. The molecule has 0 fully saturated rings. The fraction of sp³-hybridized carbons (Fsp3) is 0.562. The highest BCUT2D eigenvalue weighted by Crippen LogP contribution is 2.36. The number of carbonyl (C=O) groups is 1. The Morgan fingerprint density at radius 2 is 2.04 bits per heavy atom.